The molecule has 0 atom stereocenters. The first-order chi connectivity index (χ1) is 14.2. The van der Waals surface area contributed by atoms with Gasteiger partial charge in [-0.3, -0.25) is 4.79 Å². The largest absolute Gasteiger partial charge is 0.356 e. The number of nitrogens with zero attached hydrogens (tertiary/aromatic N) is 2. The third-order valence-electron chi connectivity index (χ3n) is 4.15. The number of benzene rings is 3. The summed E-state index contributed by atoms with van der Waals surface area (Å²) in [5, 5.41) is 15.5. The average molecular weight is 396 g/mol. The van der Waals surface area contributed by atoms with Crippen LogP contribution in [0.5, 0.6) is 0 Å². The summed E-state index contributed by atoms with van der Waals surface area (Å²) in [7, 11) is 0. The number of carbonyl (C=O) groups is 1. The van der Waals surface area contributed by atoms with Crippen molar-refractivity contribution in [2.24, 2.45) is 4.99 Å². The second kappa shape index (κ2) is 8.46. The second-order valence-corrected chi connectivity index (χ2v) is 7.28. The molecule has 140 valence electrons. The summed E-state index contributed by atoms with van der Waals surface area (Å²) in [5.74, 6) is -0.180. The van der Waals surface area contributed by atoms with Crippen LogP contribution in [0.1, 0.15) is 11.1 Å². The molecule has 0 radical (unpaired) electrons. The predicted octanol–water partition coefficient (Wildman–Crippen LogP) is 5.19. The van der Waals surface area contributed by atoms with Crippen molar-refractivity contribution in [1.29, 1.82) is 5.26 Å². The van der Waals surface area contributed by atoms with Gasteiger partial charge in [0.2, 0.25) is 0 Å². The number of amidine groups is 1. The summed E-state index contributed by atoms with van der Waals surface area (Å²) in [6.07, 6.45) is 1.79. The first-order valence-electron chi connectivity index (χ1n) is 8.91. The fraction of sp³-hybridized carbons (Fsp3) is 0. The Labute approximate surface area is 172 Å². The molecule has 1 fully saturated rings. The SMILES string of the molecule is N#Cc1ccc(/C=C2\SC(=Nc3ccc(Nc4ccccc4)cc3)NC2=O)cc1. The third-order valence-corrected chi connectivity index (χ3v) is 5.06. The standard InChI is InChI=1S/C23H16N4OS/c24-15-17-8-6-16(7-9-17)14-21-22(28)27-23(29-21)26-20-12-10-19(11-13-20)25-18-4-2-1-3-5-18/h1-14,25H,(H,26,27,28)/b21-14-. The van der Waals surface area contributed by atoms with Crippen LogP contribution in [0, 0.1) is 11.3 Å². The summed E-state index contributed by atoms with van der Waals surface area (Å²) in [6, 6.07) is 26.8. The lowest BCUT2D eigenvalue weighted by Crippen LogP contribution is -2.19. The lowest BCUT2D eigenvalue weighted by molar-refractivity contribution is -0.115. The Hall–Kier alpha value is -3.82. The molecule has 0 unspecified atom stereocenters. The van der Waals surface area contributed by atoms with Crippen molar-refractivity contribution < 1.29 is 4.79 Å². The summed E-state index contributed by atoms with van der Waals surface area (Å²) >= 11 is 1.30. The van der Waals surface area contributed by atoms with E-state index < -0.39 is 0 Å². The summed E-state index contributed by atoms with van der Waals surface area (Å²) in [5.41, 5.74) is 4.18. The maximum Gasteiger partial charge on any atom is 0.264 e. The van der Waals surface area contributed by atoms with Crippen molar-refractivity contribution in [2.75, 3.05) is 5.32 Å². The van der Waals surface area contributed by atoms with Crippen molar-refractivity contribution in [3.63, 3.8) is 0 Å². The van der Waals surface area contributed by atoms with Gasteiger partial charge in [0.25, 0.3) is 5.91 Å². The number of aliphatic imine (C=N–C) groups is 1. The molecule has 3 aromatic carbocycles. The molecule has 0 saturated carbocycles. The predicted molar refractivity (Wildman–Crippen MR) is 118 cm³/mol. The molecule has 6 heteroatoms. The molecular formula is C23H16N4OS. The van der Waals surface area contributed by atoms with E-state index in [4.69, 9.17) is 5.26 Å². The molecule has 3 aromatic rings. The van der Waals surface area contributed by atoms with Crippen molar-refractivity contribution in [3.05, 3.63) is 94.9 Å². The van der Waals surface area contributed by atoms with Crippen LogP contribution in [-0.2, 0) is 4.79 Å². The number of carbonyl (C=O) groups excluding carboxylic acids is 1. The van der Waals surface area contributed by atoms with Gasteiger partial charge in [0.15, 0.2) is 5.17 Å². The number of amides is 1. The number of thioether (sulfide) groups is 1. The molecule has 5 nitrogen and oxygen atoms in total. The Bertz CT molecular complexity index is 1130. The monoisotopic (exact) mass is 396 g/mol. The van der Waals surface area contributed by atoms with Crippen LogP contribution in [0.25, 0.3) is 6.08 Å². The van der Waals surface area contributed by atoms with Gasteiger partial charge >= 0.3 is 0 Å². The maximum absolute atomic E-state index is 12.2. The highest BCUT2D eigenvalue weighted by Gasteiger charge is 2.23. The van der Waals surface area contributed by atoms with Crippen LogP contribution in [-0.4, -0.2) is 11.1 Å². The summed E-state index contributed by atoms with van der Waals surface area (Å²) in [4.78, 5) is 17.3. The first kappa shape index (κ1) is 18.5. The van der Waals surface area contributed by atoms with Crippen LogP contribution in [0.2, 0.25) is 0 Å². The highest BCUT2D eigenvalue weighted by molar-refractivity contribution is 8.18. The van der Waals surface area contributed by atoms with E-state index in [-0.39, 0.29) is 5.91 Å². The van der Waals surface area contributed by atoms with E-state index in [1.54, 1.807) is 18.2 Å². The highest BCUT2D eigenvalue weighted by atomic mass is 32.2. The average Bonchev–Trinajstić information content (AvgIpc) is 3.09. The Morgan fingerprint density at radius 1 is 0.931 bits per heavy atom. The number of nitriles is 1. The Morgan fingerprint density at radius 3 is 2.31 bits per heavy atom. The van der Waals surface area contributed by atoms with E-state index in [2.05, 4.69) is 21.7 Å². The Balaban J connectivity index is 1.45. The second-order valence-electron chi connectivity index (χ2n) is 6.25. The smallest absolute Gasteiger partial charge is 0.264 e. The molecule has 1 amide bonds. The molecule has 4 rings (SSSR count). The molecule has 0 spiro atoms. The van der Waals surface area contributed by atoms with E-state index >= 15 is 0 Å². The zero-order chi connectivity index (χ0) is 20.1. The zero-order valence-electron chi connectivity index (χ0n) is 15.3. The van der Waals surface area contributed by atoms with Crippen molar-refractivity contribution in [1.82, 2.24) is 5.32 Å². The maximum atomic E-state index is 12.2. The lowest BCUT2D eigenvalue weighted by Gasteiger charge is -2.06. The van der Waals surface area contributed by atoms with Crippen LogP contribution >= 0.6 is 11.8 Å². The van der Waals surface area contributed by atoms with Crippen LogP contribution in [0.4, 0.5) is 17.1 Å². The van der Waals surface area contributed by atoms with Crippen molar-refractivity contribution >= 4 is 46.0 Å². The lowest BCUT2D eigenvalue weighted by atomic mass is 10.1. The normalized spacial score (nSPS) is 15.9. The van der Waals surface area contributed by atoms with Gasteiger partial charge in [0.05, 0.1) is 22.2 Å². The van der Waals surface area contributed by atoms with Gasteiger partial charge < -0.3 is 10.6 Å². The fourth-order valence-corrected chi connectivity index (χ4v) is 3.55. The van der Waals surface area contributed by atoms with Crippen molar-refractivity contribution in [2.45, 2.75) is 0 Å². The minimum atomic E-state index is -0.180. The van der Waals surface area contributed by atoms with Gasteiger partial charge in [-0.15, -0.1) is 0 Å². The van der Waals surface area contributed by atoms with Gasteiger partial charge in [0, 0.05) is 11.4 Å². The number of rotatable bonds is 4. The molecule has 0 bridgehead atoms. The van der Waals surface area contributed by atoms with Crippen LogP contribution < -0.4 is 10.6 Å². The van der Waals surface area contributed by atoms with Crippen molar-refractivity contribution in [3.8, 4) is 6.07 Å². The van der Waals surface area contributed by atoms with Crippen LogP contribution in [0.15, 0.2) is 88.8 Å². The van der Waals surface area contributed by atoms with Gasteiger partial charge in [-0.25, -0.2) is 4.99 Å². The molecule has 29 heavy (non-hydrogen) atoms. The van der Waals surface area contributed by atoms with E-state index in [0.717, 1.165) is 22.6 Å². The minimum absolute atomic E-state index is 0.180. The topological polar surface area (TPSA) is 77.3 Å². The number of para-hydroxylation sites is 1. The minimum Gasteiger partial charge on any atom is -0.356 e. The van der Waals surface area contributed by atoms with E-state index in [9.17, 15) is 4.79 Å². The van der Waals surface area contributed by atoms with E-state index in [1.807, 2.05) is 66.7 Å². The molecule has 1 aliphatic heterocycles. The first-order valence-corrected chi connectivity index (χ1v) is 9.73. The van der Waals surface area contributed by atoms with Crippen LogP contribution in [0.3, 0.4) is 0 Å². The number of anilines is 2. The number of nitrogens with one attached hydrogen (secondary N) is 2. The highest BCUT2D eigenvalue weighted by Crippen LogP contribution is 2.28. The van der Waals surface area contributed by atoms with Gasteiger partial charge in [-0.2, -0.15) is 5.26 Å². The van der Waals surface area contributed by atoms with E-state index in [1.165, 1.54) is 11.8 Å². The summed E-state index contributed by atoms with van der Waals surface area (Å²) < 4.78 is 0. The van der Waals surface area contributed by atoms with E-state index in [0.29, 0.717) is 15.6 Å². The number of hydrogen-bond acceptors (Lipinski definition) is 5. The quantitative estimate of drug-likeness (QED) is 0.595. The molecule has 2 N–H and O–H groups in total. The fourth-order valence-electron chi connectivity index (χ4n) is 2.71. The Kier molecular flexibility index (Phi) is 5.41. The molecule has 1 saturated heterocycles. The molecule has 1 heterocycles. The summed E-state index contributed by atoms with van der Waals surface area (Å²) in [6.45, 7) is 0. The zero-order valence-corrected chi connectivity index (χ0v) is 16.1. The molecular weight excluding hydrogens is 380 g/mol. The van der Waals surface area contributed by atoms with Gasteiger partial charge in [0.1, 0.15) is 0 Å². The van der Waals surface area contributed by atoms with Gasteiger partial charge in [-0.05, 0) is 71.9 Å². The Morgan fingerprint density at radius 2 is 1.62 bits per heavy atom. The van der Waals surface area contributed by atoms with Gasteiger partial charge in [-0.1, -0.05) is 30.3 Å². The third kappa shape index (κ3) is 4.72. The molecule has 0 aliphatic carbocycles. The number of hydrogen-bond donors (Lipinski definition) is 2. The molecule has 0 aromatic heterocycles. The molecule has 1 aliphatic rings.